The predicted molar refractivity (Wildman–Crippen MR) is 49.5 cm³/mol. The largest absolute Gasteiger partial charge is 0.0888 e. The van der Waals surface area contributed by atoms with Crippen LogP contribution in [0.1, 0.15) is 39.5 Å². The molecule has 10 heavy (non-hydrogen) atoms. The fourth-order valence-electron chi connectivity index (χ4n) is 1.86. The number of hydrogen-bond donors (Lipinski definition) is 0. The monoisotopic (exact) mass is 204 g/mol. The summed E-state index contributed by atoms with van der Waals surface area (Å²) in [6, 6.07) is 0. The summed E-state index contributed by atoms with van der Waals surface area (Å²) in [5.41, 5.74) is 0. The van der Waals surface area contributed by atoms with Crippen molar-refractivity contribution in [1.82, 2.24) is 0 Å². The highest BCUT2D eigenvalue weighted by Gasteiger charge is 2.24. The average molecular weight is 205 g/mol. The van der Waals surface area contributed by atoms with E-state index < -0.39 is 0 Å². The van der Waals surface area contributed by atoms with Crippen molar-refractivity contribution in [3.05, 3.63) is 0 Å². The summed E-state index contributed by atoms with van der Waals surface area (Å²) in [6.45, 7) is 4.64. The maximum absolute atomic E-state index is 3.73. The van der Waals surface area contributed by atoms with Crippen LogP contribution in [0.25, 0.3) is 0 Å². The Balaban J connectivity index is 2.26. The van der Waals surface area contributed by atoms with Gasteiger partial charge in [-0.05, 0) is 31.1 Å². The van der Waals surface area contributed by atoms with Crippen molar-refractivity contribution in [2.45, 2.75) is 44.4 Å². The first-order valence-electron chi connectivity index (χ1n) is 4.34. The van der Waals surface area contributed by atoms with Gasteiger partial charge in [-0.2, -0.15) is 0 Å². The summed E-state index contributed by atoms with van der Waals surface area (Å²) < 4.78 is 0. The van der Waals surface area contributed by atoms with Crippen LogP contribution in [0, 0.1) is 11.8 Å². The van der Waals surface area contributed by atoms with E-state index in [1.807, 2.05) is 0 Å². The molecule has 0 aromatic carbocycles. The van der Waals surface area contributed by atoms with Crippen molar-refractivity contribution in [2.75, 3.05) is 0 Å². The topological polar surface area (TPSA) is 0 Å². The number of alkyl halides is 1. The third-order valence-electron chi connectivity index (χ3n) is 2.34. The highest BCUT2D eigenvalue weighted by atomic mass is 79.9. The second kappa shape index (κ2) is 3.75. The highest BCUT2D eigenvalue weighted by molar-refractivity contribution is 9.09. The van der Waals surface area contributed by atoms with E-state index in [0.29, 0.717) is 0 Å². The Morgan fingerprint density at radius 3 is 2.50 bits per heavy atom. The van der Waals surface area contributed by atoms with Gasteiger partial charge in [-0.3, -0.25) is 0 Å². The van der Waals surface area contributed by atoms with E-state index >= 15 is 0 Å². The van der Waals surface area contributed by atoms with Crippen LogP contribution in [-0.2, 0) is 0 Å². The summed E-state index contributed by atoms with van der Waals surface area (Å²) in [4.78, 5) is 0.829. The van der Waals surface area contributed by atoms with Crippen molar-refractivity contribution in [2.24, 2.45) is 11.8 Å². The summed E-state index contributed by atoms with van der Waals surface area (Å²) in [7, 11) is 0. The van der Waals surface area contributed by atoms with E-state index in [4.69, 9.17) is 0 Å². The Bertz CT molecular complexity index is 98.9. The molecule has 1 fully saturated rings. The van der Waals surface area contributed by atoms with Crippen LogP contribution in [0.2, 0.25) is 0 Å². The smallest absolute Gasteiger partial charge is 0.0174 e. The van der Waals surface area contributed by atoms with Crippen molar-refractivity contribution < 1.29 is 0 Å². The van der Waals surface area contributed by atoms with E-state index in [1.165, 1.54) is 25.7 Å². The van der Waals surface area contributed by atoms with Crippen LogP contribution in [0.4, 0.5) is 0 Å². The van der Waals surface area contributed by atoms with Crippen molar-refractivity contribution in [3.63, 3.8) is 0 Å². The van der Waals surface area contributed by atoms with E-state index in [9.17, 15) is 0 Å². The van der Waals surface area contributed by atoms with Crippen LogP contribution in [0.5, 0.6) is 0 Å². The zero-order valence-corrected chi connectivity index (χ0v) is 8.52. The molecule has 0 N–H and O–H groups in total. The molecule has 0 spiro atoms. The van der Waals surface area contributed by atoms with Gasteiger partial charge in [0.1, 0.15) is 0 Å². The molecular weight excluding hydrogens is 188 g/mol. The number of hydrogen-bond acceptors (Lipinski definition) is 0. The molecule has 1 saturated carbocycles. The summed E-state index contributed by atoms with van der Waals surface area (Å²) in [5, 5.41) is 0. The van der Waals surface area contributed by atoms with Crippen molar-refractivity contribution in [1.29, 1.82) is 0 Å². The molecule has 1 heteroatoms. The van der Waals surface area contributed by atoms with Crippen LogP contribution >= 0.6 is 15.9 Å². The Morgan fingerprint density at radius 2 is 2.10 bits per heavy atom. The van der Waals surface area contributed by atoms with Gasteiger partial charge < -0.3 is 0 Å². The lowest BCUT2D eigenvalue weighted by Gasteiger charge is -2.15. The van der Waals surface area contributed by atoms with Gasteiger partial charge in [0.25, 0.3) is 0 Å². The Kier molecular flexibility index (Phi) is 3.22. The average Bonchev–Trinajstić information content (AvgIpc) is 2.15. The van der Waals surface area contributed by atoms with Gasteiger partial charge in [0, 0.05) is 4.83 Å². The molecule has 1 aliphatic carbocycles. The lowest BCUT2D eigenvalue weighted by atomic mass is 9.96. The number of rotatable bonds is 2. The SMILES string of the molecule is CC(C)CC1CCCC1Br. The molecule has 0 heterocycles. The molecule has 0 aliphatic heterocycles. The lowest BCUT2D eigenvalue weighted by Crippen LogP contribution is -2.08. The first-order valence-corrected chi connectivity index (χ1v) is 5.25. The molecule has 1 rings (SSSR count). The zero-order valence-electron chi connectivity index (χ0n) is 6.94. The molecule has 2 atom stereocenters. The summed E-state index contributed by atoms with van der Waals surface area (Å²) in [6.07, 6.45) is 5.70. The highest BCUT2D eigenvalue weighted by Crippen LogP contribution is 2.35. The van der Waals surface area contributed by atoms with E-state index in [0.717, 1.165) is 16.7 Å². The van der Waals surface area contributed by atoms with Crippen molar-refractivity contribution in [3.8, 4) is 0 Å². The summed E-state index contributed by atoms with van der Waals surface area (Å²) >= 11 is 3.73. The second-order valence-corrected chi connectivity index (χ2v) is 5.01. The molecule has 1 aliphatic rings. The molecule has 0 bridgehead atoms. The normalized spacial score (nSPS) is 33.6. The molecule has 0 radical (unpaired) electrons. The van der Waals surface area contributed by atoms with Gasteiger partial charge in [0.2, 0.25) is 0 Å². The first-order chi connectivity index (χ1) is 4.70. The zero-order chi connectivity index (χ0) is 7.56. The van der Waals surface area contributed by atoms with E-state index in [-0.39, 0.29) is 0 Å². The van der Waals surface area contributed by atoms with Gasteiger partial charge in [0.05, 0.1) is 0 Å². The predicted octanol–water partition coefficient (Wildman–Crippen LogP) is 3.60. The molecule has 0 aromatic rings. The number of halogens is 1. The molecule has 0 amide bonds. The van der Waals surface area contributed by atoms with Gasteiger partial charge in [-0.1, -0.05) is 36.2 Å². The van der Waals surface area contributed by atoms with Gasteiger partial charge >= 0.3 is 0 Å². The molecule has 0 aromatic heterocycles. The summed E-state index contributed by atoms with van der Waals surface area (Å²) in [5.74, 6) is 1.85. The molecule has 60 valence electrons. The Hall–Kier alpha value is 0.480. The maximum Gasteiger partial charge on any atom is 0.0174 e. The fraction of sp³-hybridized carbons (Fsp3) is 1.00. The van der Waals surface area contributed by atoms with Crippen LogP contribution in [-0.4, -0.2) is 4.83 Å². The molecule has 0 saturated heterocycles. The lowest BCUT2D eigenvalue weighted by molar-refractivity contribution is 0.429. The minimum Gasteiger partial charge on any atom is -0.0888 e. The maximum atomic E-state index is 3.73. The Morgan fingerprint density at radius 1 is 1.40 bits per heavy atom. The quantitative estimate of drug-likeness (QED) is 0.604. The molecule has 2 unspecified atom stereocenters. The van der Waals surface area contributed by atoms with Gasteiger partial charge in [0.15, 0.2) is 0 Å². The van der Waals surface area contributed by atoms with Crippen LogP contribution < -0.4 is 0 Å². The minimum absolute atomic E-state index is 0.829. The minimum atomic E-state index is 0.829. The Labute approximate surface area is 72.5 Å². The standard InChI is InChI=1S/C9H17Br/c1-7(2)6-8-4-3-5-9(8)10/h7-9H,3-6H2,1-2H3. The third kappa shape index (κ3) is 2.26. The van der Waals surface area contributed by atoms with Gasteiger partial charge in [-0.25, -0.2) is 0 Å². The van der Waals surface area contributed by atoms with Crippen molar-refractivity contribution >= 4 is 15.9 Å². The molecule has 0 nitrogen and oxygen atoms in total. The second-order valence-electron chi connectivity index (χ2n) is 3.84. The van der Waals surface area contributed by atoms with E-state index in [2.05, 4.69) is 29.8 Å². The van der Waals surface area contributed by atoms with E-state index in [1.54, 1.807) is 0 Å². The van der Waals surface area contributed by atoms with Gasteiger partial charge in [-0.15, -0.1) is 0 Å². The van der Waals surface area contributed by atoms with Crippen LogP contribution in [0.15, 0.2) is 0 Å². The molecular formula is C9H17Br. The third-order valence-corrected chi connectivity index (χ3v) is 3.55. The fourth-order valence-corrected chi connectivity index (χ4v) is 2.67. The van der Waals surface area contributed by atoms with Crippen LogP contribution in [0.3, 0.4) is 0 Å². The first kappa shape index (κ1) is 8.58.